The van der Waals surface area contributed by atoms with E-state index in [2.05, 4.69) is 11.4 Å². The highest BCUT2D eigenvalue weighted by molar-refractivity contribution is 5.93. The van der Waals surface area contributed by atoms with Gasteiger partial charge in [0.15, 0.2) is 0 Å². The molecule has 112 valence electrons. The number of morpholine rings is 1. The quantitative estimate of drug-likeness (QED) is 0.929. The van der Waals surface area contributed by atoms with Crippen LogP contribution in [0.3, 0.4) is 0 Å². The summed E-state index contributed by atoms with van der Waals surface area (Å²) in [6, 6.07) is 6.17. The Balaban J connectivity index is 0.00000200. The fraction of sp³-hybridized carbons (Fsp3) is 0.533. The number of carbonyl (C=O) groups excluding carboxylic acids is 1. The molecular weight excluding hydrogens is 276 g/mol. The van der Waals surface area contributed by atoms with Crippen LogP contribution in [-0.4, -0.2) is 38.8 Å². The Hall–Kier alpha value is -1.10. The predicted octanol–water partition coefficient (Wildman–Crippen LogP) is 2.07. The maximum atomic E-state index is 12.3. The number of amides is 1. The molecule has 1 aromatic rings. The van der Waals surface area contributed by atoms with E-state index in [9.17, 15) is 4.79 Å². The van der Waals surface area contributed by atoms with Gasteiger partial charge in [-0.2, -0.15) is 0 Å². The molecule has 0 aromatic heterocycles. The van der Waals surface area contributed by atoms with Crippen molar-refractivity contribution in [1.29, 1.82) is 0 Å². The van der Waals surface area contributed by atoms with E-state index >= 15 is 0 Å². The third-order valence-electron chi connectivity index (χ3n) is 3.37. The average molecular weight is 299 g/mol. The van der Waals surface area contributed by atoms with Crippen LogP contribution in [0.5, 0.6) is 0 Å². The lowest BCUT2D eigenvalue weighted by Gasteiger charge is -2.26. The van der Waals surface area contributed by atoms with Gasteiger partial charge in [-0.1, -0.05) is 6.07 Å². The Morgan fingerprint density at radius 1 is 1.35 bits per heavy atom. The molecule has 0 radical (unpaired) electrons. The van der Waals surface area contributed by atoms with Crippen LogP contribution in [0.2, 0.25) is 0 Å². The standard InChI is InChI=1S/C15H22N2O2.ClH/c1-11-6-12(2)8-13(7-11)17(3)15(18)9-14-10-16-4-5-19-14;/h6-8,14,16H,4-5,9-10H2,1-3H3;1H. The number of hydrogen-bond donors (Lipinski definition) is 1. The highest BCUT2D eigenvalue weighted by Gasteiger charge is 2.20. The van der Waals surface area contributed by atoms with E-state index in [1.807, 2.05) is 33.0 Å². The van der Waals surface area contributed by atoms with Gasteiger partial charge >= 0.3 is 0 Å². The zero-order chi connectivity index (χ0) is 13.8. The first kappa shape index (κ1) is 17.0. The molecule has 1 fully saturated rings. The fourth-order valence-electron chi connectivity index (χ4n) is 2.37. The number of anilines is 1. The molecule has 1 amide bonds. The summed E-state index contributed by atoms with van der Waals surface area (Å²) in [6.07, 6.45) is 0.422. The molecular formula is C15H23ClN2O2. The number of aryl methyl sites for hydroxylation is 2. The van der Waals surface area contributed by atoms with Gasteiger partial charge in [0.05, 0.1) is 19.1 Å². The number of halogens is 1. The van der Waals surface area contributed by atoms with Crippen LogP contribution in [-0.2, 0) is 9.53 Å². The monoisotopic (exact) mass is 298 g/mol. The molecule has 1 saturated heterocycles. The van der Waals surface area contributed by atoms with Crippen molar-refractivity contribution in [2.24, 2.45) is 0 Å². The molecule has 0 aliphatic carbocycles. The molecule has 1 N–H and O–H groups in total. The van der Waals surface area contributed by atoms with Crippen molar-refractivity contribution >= 4 is 24.0 Å². The van der Waals surface area contributed by atoms with Gasteiger partial charge in [0.2, 0.25) is 5.91 Å². The van der Waals surface area contributed by atoms with Gasteiger partial charge in [-0.15, -0.1) is 12.4 Å². The number of nitrogens with one attached hydrogen (secondary N) is 1. The minimum atomic E-state index is -0.00499. The van der Waals surface area contributed by atoms with Gasteiger partial charge in [-0.05, 0) is 37.1 Å². The van der Waals surface area contributed by atoms with Crippen molar-refractivity contribution in [3.8, 4) is 0 Å². The maximum absolute atomic E-state index is 12.3. The van der Waals surface area contributed by atoms with E-state index in [0.29, 0.717) is 13.0 Å². The first-order chi connectivity index (χ1) is 9.06. The lowest BCUT2D eigenvalue weighted by atomic mass is 10.1. The fourth-order valence-corrected chi connectivity index (χ4v) is 2.37. The lowest BCUT2D eigenvalue weighted by Crippen LogP contribution is -2.41. The number of carbonyl (C=O) groups is 1. The van der Waals surface area contributed by atoms with Crippen LogP contribution in [0, 0.1) is 13.8 Å². The molecule has 0 bridgehead atoms. The first-order valence-electron chi connectivity index (χ1n) is 6.73. The van der Waals surface area contributed by atoms with E-state index in [-0.39, 0.29) is 24.4 Å². The highest BCUT2D eigenvalue weighted by atomic mass is 35.5. The summed E-state index contributed by atoms with van der Waals surface area (Å²) in [5.41, 5.74) is 3.29. The normalized spacial score (nSPS) is 18.2. The number of ether oxygens (including phenoxy) is 1. The molecule has 5 heteroatoms. The molecule has 2 rings (SSSR count). The maximum Gasteiger partial charge on any atom is 0.229 e. The van der Waals surface area contributed by atoms with Crippen LogP contribution >= 0.6 is 12.4 Å². The Morgan fingerprint density at radius 3 is 2.55 bits per heavy atom. The van der Waals surface area contributed by atoms with Crippen molar-refractivity contribution in [3.05, 3.63) is 29.3 Å². The molecule has 1 unspecified atom stereocenters. The van der Waals surface area contributed by atoms with Crippen molar-refractivity contribution in [1.82, 2.24) is 5.32 Å². The number of rotatable bonds is 3. The number of nitrogens with zero attached hydrogens (tertiary/aromatic N) is 1. The van der Waals surface area contributed by atoms with Gasteiger partial charge in [0.1, 0.15) is 0 Å². The topological polar surface area (TPSA) is 41.6 Å². The van der Waals surface area contributed by atoms with Crippen molar-refractivity contribution < 1.29 is 9.53 Å². The van der Waals surface area contributed by atoms with Crippen molar-refractivity contribution in [2.45, 2.75) is 26.4 Å². The van der Waals surface area contributed by atoms with Crippen LogP contribution in [0.4, 0.5) is 5.69 Å². The van der Waals surface area contributed by atoms with Crippen LogP contribution in [0.25, 0.3) is 0 Å². The summed E-state index contributed by atoms with van der Waals surface area (Å²) in [4.78, 5) is 14.0. The largest absolute Gasteiger partial charge is 0.375 e. The zero-order valence-electron chi connectivity index (χ0n) is 12.3. The number of hydrogen-bond acceptors (Lipinski definition) is 3. The lowest BCUT2D eigenvalue weighted by molar-refractivity contribution is -0.121. The molecule has 1 aromatic carbocycles. The molecule has 0 saturated carbocycles. The van der Waals surface area contributed by atoms with E-state index in [0.717, 1.165) is 18.8 Å². The smallest absolute Gasteiger partial charge is 0.229 e. The second-order valence-electron chi connectivity index (χ2n) is 5.20. The van der Waals surface area contributed by atoms with E-state index in [4.69, 9.17) is 4.74 Å². The minimum Gasteiger partial charge on any atom is -0.375 e. The van der Waals surface area contributed by atoms with Gasteiger partial charge in [-0.25, -0.2) is 0 Å². The van der Waals surface area contributed by atoms with Crippen molar-refractivity contribution in [3.63, 3.8) is 0 Å². The third kappa shape index (κ3) is 4.47. The van der Waals surface area contributed by atoms with Gasteiger partial charge < -0.3 is 15.0 Å². The molecule has 20 heavy (non-hydrogen) atoms. The molecule has 1 heterocycles. The minimum absolute atomic E-state index is 0. The molecule has 1 atom stereocenters. The van der Waals surface area contributed by atoms with E-state index in [1.165, 1.54) is 11.1 Å². The average Bonchev–Trinajstić information content (AvgIpc) is 2.37. The molecule has 1 aliphatic heterocycles. The van der Waals surface area contributed by atoms with Crippen LogP contribution in [0.15, 0.2) is 18.2 Å². The summed E-state index contributed by atoms with van der Waals surface area (Å²) in [5, 5.41) is 3.24. The Morgan fingerprint density at radius 2 is 2.00 bits per heavy atom. The summed E-state index contributed by atoms with van der Waals surface area (Å²) in [7, 11) is 1.83. The van der Waals surface area contributed by atoms with E-state index in [1.54, 1.807) is 4.90 Å². The summed E-state index contributed by atoms with van der Waals surface area (Å²) in [5.74, 6) is 0.0960. The molecule has 4 nitrogen and oxygen atoms in total. The second kappa shape index (κ2) is 7.62. The molecule has 0 spiro atoms. The van der Waals surface area contributed by atoms with Gasteiger partial charge in [0, 0.05) is 25.8 Å². The highest BCUT2D eigenvalue weighted by Crippen LogP contribution is 2.19. The van der Waals surface area contributed by atoms with Gasteiger partial charge in [0.25, 0.3) is 0 Å². The predicted molar refractivity (Wildman–Crippen MR) is 83.8 cm³/mol. The summed E-state index contributed by atoms with van der Waals surface area (Å²) < 4.78 is 5.57. The van der Waals surface area contributed by atoms with Gasteiger partial charge in [-0.3, -0.25) is 4.79 Å². The Labute approximate surface area is 126 Å². The van der Waals surface area contributed by atoms with Crippen LogP contribution < -0.4 is 10.2 Å². The zero-order valence-corrected chi connectivity index (χ0v) is 13.1. The Kier molecular flexibility index (Phi) is 6.46. The number of benzene rings is 1. The third-order valence-corrected chi connectivity index (χ3v) is 3.37. The van der Waals surface area contributed by atoms with Crippen molar-refractivity contribution in [2.75, 3.05) is 31.6 Å². The summed E-state index contributed by atoms with van der Waals surface area (Å²) in [6.45, 7) is 6.40. The summed E-state index contributed by atoms with van der Waals surface area (Å²) >= 11 is 0. The molecule has 1 aliphatic rings. The van der Waals surface area contributed by atoms with E-state index < -0.39 is 0 Å². The second-order valence-corrected chi connectivity index (χ2v) is 5.20. The Bertz CT molecular complexity index is 439. The van der Waals surface area contributed by atoms with Crippen LogP contribution in [0.1, 0.15) is 17.5 Å². The first-order valence-corrected chi connectivity index (χ1v) is 6.73. The SMILES string of the molecule is Cc1cc(C)cc(N(C)C(=O)CC2CNCCO2)c1.Cl.